The largest absolute Gasteiger partial charge is 0.406 e. The molecule has 0 aromatic carbocycles. The summed E-state index contributed by atoms with van der Waals surface area (Å²) in [6, 6.07) is 0. The van der Waals surface area contributed by atoms with E-state index >= 15 is 0 Å². The molecule has 1 aliphatic heterocycles. The molecule has 0 saturated carbocycles. The van der Waals surface area contributed by atoms with Crippen LogP contribution in [0.5, 0.6) is 0 Å². The van der Waals surface area contributed by atoms with Gasteiger partial charge in [0.2, 0.25) is 5.91 Å². The molecule has 1 atom stereocenters. The zero-order valence-corrected chi connectivity index (χ0v) is 11.0. The van der Waals surface area contributed by atoms with E-state index in [1.165, 1.54) is 0 Å². The highest BCUT2D eigenvalue weighted by molar-refractivity contribution is 5.79. The predicted octanol–water partition coefficient (Wildman–Crippen LogP) is 1.89. The van der Waals surface area contributed by atoms with Gasteiger partial charge in [-0.1, -0.05) is 20.8 Å². The smallest absolute Gasteiger partial charge is 0.333 e. The number of alkyl halides is 3. The fraction of sp³-hybridized carbons (Fsp3) is 0.917. The lowest BCUT2D eigenvalue weighted by atomic mass is 9.87. The van der Waals surface area contributed by atoms with E-state index in [9.17, 15) is 18.0 Å². The Balaban J connectivity index is 2.65. The van der Waals surface area contributed by atoms with Gasteiger partial charge in [0, 0.05) is 12.5 Å². The molecule has 1 aliphatic rings. The van der Waals surface area contributed by atoms with E-state index in [0.717, 1.165) is 4.90 Å². The number of halogens is 3. The second kappa shape index (κ2) is 5.91. The summed E-state index contributed by atoms with van der Waals surface area (Å²) in [7, 11) is 0. The van der Waals surface area contributed by atoms with Gasteiger partial charge in [-0.2, -0.15) is 13.2 Å². The van der Waals surface area contributed by atoms with Gasteiger partial charge >= 0.3 is 6.18 Å². The van der Waals surface area contributed by atoms with Crippen LogP contribution in [0, 0.1) is 17.8 Å². The number of carbonyl (C=O) groups is 1. The van der Waals surface area contributed by atoms with E-state index in [0.29, 0.717) is 13.1 Å². The summed E-state index contributed by atoms with van der Waals surface area (Å²) in [4.78, 5) is 13.0. The minimum Gasteiger partial charge on any atom is -0.333 e. The fourth-order valence-corrected chi connectivity index (χ4v) is 2.04. The second-order valence-electron chi connectivity index (χ2n) is 5.43. The van der Waals surface area contributed by atoms with Crippen molar-refractivity contribution < 1.29 is 18.0 Å². The van der Waals surface area contributed by atoms with Crippen molar-refractivity contribution in [3.8, 4) is 0 Å². The molecule has 0 spiro atoms. The molecule has 0 bridgehead atoms. The molecular weight excluding hydrogens is 245 g/mol. The first-order chi connectivity index (χ1) is 8.20. The van der Waals surface area contributed by atoms with E-state index in [2.05, 4.69) is 5.32 Å². The molecule has 1 saturated heterocycles. The maximum Gasteiger partial charge on any atom is 0.406 e. The average molecular weight is 266 g/mol. The molecule has 106 valence electrons. The van der Waals surface area contributed by atoms with Crippen molar-refractivity contribution >= 4 is 5.91 Å². The molecule has 1 unspecified atom stereocenters. The standard InChI is InChI=1S/C12H21F3N2O/c1-8(2)6-17(7-12(13,14)15)11(18)9(3)10-4-16-5-10/h8-10,16H,4-7H2,1-3H3. The zero-order chi connectivity index (χ0) is 13.9. The highest BCUT2D eigenvalue weighted by Crippen LogP contribution is 2.23. The topological polar surface area (TPSA) is 32.3 Å². The van der Waals surface area contributed by atoms with Crippen LogP contribution in [0.1, 0.15) is 20.8 Å². The van der Waals surface area contributed by atoms with Crippen LogP contribution < -0.4 is 5.32 Å². The van der Waals surface area contributed by atoms with Crippen molar-refractivity contribution in [2.24, 2.45) is 17.8 Å². The molecule has 1 rings (SSSR count). The zero-order valence-electron chi connectivity index (χ0n) is 11.0. The fourth-order valence-electron chi connectivity index (χ4n) is 2.04. The third-order valence-electron chi connectivity index (χ3n) is 3.18. The van der Waals surface area contributed by atoms with Crippen LogP contribution in [0.3, 0.4) is 0 Å². The van der Waals surface area contributed by atoms with Crippen LogP contribution in [0.2, 0.25) is 0 Å². The van der Waals surface area contributed by atoms with Crippen molar-refractivity contribution in [1.82, 2.24) is 10.2 Å². The SMILES string of the molecule is CC(C)CN(CC(F)(F)F)C(=O)C(C)C1CNC1. The highest BCUT2D eigenvalue weighted by Gasteiger charge is 2.37. The quantitative estimate of drug-likeness (QED) is 0.824. The summed E-state index contributed by atoms with van der Waals surface area (Å²) in [6.07, 6.45) is -4.33. The molecular formula is C12H21F3N2O. The lowest BCUT2D eigenvalue weighted by Gasteiger charge is -2.35. The third-order valence-corrected chi connectivity index (χ3v) is 3.18. The number of rotatable bonds is 5. The Kier molecular flexibility index (Phi) is 5.01. The Hall–Kier alpha value is -0.780. The van der Waals surface area contributed by atoms with Gasteiger partial charge in [0.1, 0.15) is 6.54 Å². The molecule has 0 aromatic heterocycles. The summed E-state index contributed by atoms with van der Waals surface area (Å²) in [5.74, 6) is -0.525. The molecule has 0 aromatic rings. The molecule has 1 heterocycles. The van der Waals surface area contributed by atoms with Crippen molar-refractivity contribution in [3.05, 3.63) is 0 Å². The molecule has 1 N–H and O–H groups in total. The summed E-state index contributed by atoms with van der Waals surface area (Å²) in [5.41, 5.74) is 0. The van der Waals surface area contributed by atoms with E-state index in [-0.39, 0.29) is 30.2 Å². The number of carbonyl (C=O) groups excluding carboxylic acids is 1. The van der Waals surface area contributed by atoms with Crippen molar-refractivity contribution in [1.29, 1.82) is 0 Å². The summed E-state index contributed by atoms with van der Waals surface area (Å²) in [5, 5.41) is 3.03. The van der Waals surface area contributed by atoms with Gasteiger partial charge in [-0.05, 0) is 24.9 Å². The Bertz CT molecular complexity index is 288. The number of nitrogens with zero attached hydrogens (tertiary/aromatic N) is 1. The van der Waals surface area contributed by atoms with Gasteiger partial charge in [0.25, 0.3) is 0 Å². The van der Waals surface area contributed by atoms with Gasteiger partial charge in [0.05, 0.1) is 0 Å². The van der Waals surface area contributed by atoms with Crippen molar-refractivity contribution in [2.75, 3.05) is 26.2 Å². The van der Waals surface area contributed by atoms with Crippen LogP contribution >= 0.6 is 0 Å². The van der Waals surface area contributed by atoms with E-state index in [1.54, 1.807) is 6.92 Å². The average Bonchev–Trinajstić information content (AvgIpc) is 2.09. The lowest BCUT2D eigenvalue weighted by molar-refractivity contribution is -0.165. The molecule has 18 heavy (non-hydrogen) atoms. The molecule has 3 nitrogen and oxygen atoms in total. The molecule has 1 amide bonds. The summed E-state index contributed by atoms with van der Waals surface area (Å²) >= 11 is 0. The molecule has 1 fully saturated rings. The molecule has 6 heteroatoms. The maximum absolute atomic E-state index is 12.5. The van der Waals surface area contributed by atoms with Crippen LogP contribution in [0.15, 0.2) is 0 Å². The lowest BCUT2D eigenvalue weighted by Crippen LogP contribution is -2.52. The summed E-state index contributed by atoms with van der Waals surface area (Å²) < 4.78 is 37.4. The minimum absolute atomic E-state index is 0.0306. The van der Waals surface area contributed by atoms with Crippen LogP contribution in [0.25, 0.3) is 0 Å². The Morgan fingerprint density at radius 3 is 2.22 bits per heavy atom. The first kappa shape index (κ1) is 15.3. The number of hydrogen-bond acceptors (Lipinski definition) is 2. The first-order valence-corrected chi connectivity index (χ1v) is 6.27. The van der Waals surface area contributed by atoms with Gasteiger partial charge in [-0.15, -0.1) is 0 Å². The summed E-state index contributed by atoms with van der Waals surface area (Å²) in [6.45, 7) is 5.79. The third kappa shape index (κ3) is 4.48. The van der Waals surface area contributed by atoms with E-state index in [4.69, 9.17) is 0 Å². The predicted molar refractivity (Wildman–Crippen MR) is 63.0 cm³/mol. The van der Waals surface area contributed by atoms with Gasteiger partial charge < -0.3 is 10.2 Å². The van der Waals surface area contributed by atoms with Gasteiger partial charge in [-0.25, -0.2) is 0 Å². The van der Waals surface area contributed by atoms with E-state index in [1.807, 2.05) is 13.8 Å². The Morgan fingerprint density at radius 1 is 1.33 bits per heavy atom. The number of hydrogen-bond donors (Lipinski definition) is 1. The monoisotopic (exact) mass is 266 g/mol. The van der Waals surface area contributed by atoms with Crippen molar-refractivity contribution in [3.63, 3.8) is 0 Å². The first-order valence-electron chi connectivity index (χ1n) is 6.27. The Labute approximate surface area is 106 Å². The maximum atomic E-state index is 12.5. The Morgan fingerprint density at radius 2 is 1.89 bits per heavy atom. The number of amides is 1. The van der Waals surface area contributed by atoms with Crippen LogP contribution in [-0.4, -0.2) is 43.2 Å². The van der Waals surface area contributed by atoms with Gasteiger partial charge in [-0.3, -0.25) is 4.79 Å². The molecule has 0 aliphatic carbocycles. The van der Waals surface area contributed by atoms with Crippen molar-refractivity contribution in [2.45, 2.75) is 26.9 Å². The second-order valence-corrected chi connectivity index (χ2v) is 5.43. The van der Waals surface area contributed by atoms with Crippen LogP contribution in [0.4, 0.5) is 13.2 Å². The van der Waals surface area contributed by atoms with E-state index < -0.39 is 12.7 Å². The highest BCUT2D eigenvalue weighted by atomic mass is 19.4. The van der Waals surface area contributed by atoms with Crippen LogP contribution in [-0.2, 0) is 4.79 Å². The normalized spacial score (nSPS) is 18.6. The minimum atomic E-state index is -4.33. The molecule has 0 radical (unpaired) electrons. The number of nitrogens with one attached hydrogen (secondary N) is 1. The van der Waals surface area contributed by atoms with Gasteiger partial charge in [0.15, 0.2) is 0 Å².